The van der Waals surface area contributed by atoms with Crippen molar-refractivity contribution in [1.82, 2.24) is 9.78 Å². The predicted molar refractivity (Wildman–Crippen MR) is 50.7 cm³/mol. The molecule has 0 aliphatic heterocycles. The maximum absolute atomic E-state index is 11.1. The van der Waals surface area contributed by atoms with Crippen LogP contribution in [0.25, 0.3) is 0 Å². The molecule has 3 nitrogen and oxygen atoms in total. The third kappa shape index (κ3) is 1.94. The molecule has 12 heavy (non-hydrogen) atoms. The van der Waals surface area contributed by atoms with Gasteiger partial charge in [-0.3, -0.25) is 9.48 Å². The third-order valence-electron chi connectivity index (χ3n) is 1.54. The summed E-state index contributed by atoms with van der Waals surface area (Å²) in [6.07, 6.45) is 1.82. The number of hydrogen-bond donors (Lipinski definition) is 0. The van der Waals surface area contributed by atoms with E-state index in [-0.39, 0.29) is 5.78 Å². The molecule has 66 valence electrons. The van der Waals surface area contributed by atoms with Gasteiger partial charge in [-0.2, -0.15) is 5.10 Å². The van der Waals surface area contributed by atoms with Crippen molar-refractivity contribution in [3.8, 4) is 0 Å². The lowest BCUT2D eigenvalue weighted by molar-refractivity contribution is 0.101. The van der Waals surface area contributed by atoms with Gasteiger partial charge < -0.3 is 0 Å². The van der Waals surface area contributed by atoms with Gasteiger partial charge in [0.25, 0.3) is 0 Å². The highest BCUT2D eigenvalue weighted by Gasteiger charge is 2.08. The Morgan fingerprint density at radius 3 is 2.83 bits per heavy atom. The van der Waals surface area contributed by atoms with E-state index in [0.29, 0.717) is 17.1 Å². The van der Waals surface area contributed by atoms with Crippen molar-refractivity contribution < 1.29 is 4.79 Å². The Hall–Kier alpha value is -0.640. The van der Waals surface area contributed by atoms with Crippen LogP contribution < -0.4 is 0 Å². The van der Waals surface area contributed by atoms with Gasteiger partial charge in [-0.15, -0.1) is 0 Å². The normalized spacial score (nSPS) is 10.7. The minimum atomic E-state index is 0.0226. The summed E-state index contributed by atoms with van der Waals surface area (Å²) >= 11 is 3.10. The van der Waals surface area contributed by atoms with E-state index in [2.05, 4.69) is 21.0 Å². The van der Waals surface area contributed by atoms with Gasteiger partial charge in [0.1, 0.15) is 5.69 Å². The molecule has 0 radical (unpaired) electrons. The SMILES string of the molecule is CC(C)n1ccc(C(=O)CBr)n1. The molecule has 0 atom stereocenters. The van der Waals surface area contributed by atoms with Crippen molar-refractivity contribution in [2.45, 2.75) is 19.9 Å². The number of rotatable bonds is 3. The van der Waals surface area contributed by atoms with E-state index in [9.17, 15) is 4.79 Å². The molecule has 0 unspecified atom stereocenters. The fourth-order valence-corrected chi connectivity index (χ4v) is 1.13. The largest absolute Gasteiger partial charge is 0.291 e. The van der Waals surface area contributed by atoms with Crippen molar-refractivity contribution in [2.24, 2.45) is 0 Å². The van der Waals surface area contributed by atoms with Crippen LogP contribution in [0.5, 0.6) is 0 Å². The monoisotopic (exact) mass is 230 g/mol. The van der Waals surface area contributed by atoms with Crippen molar-refractivity contribution in [2.75, 3.05) is 5.33 Å². The van der Waals surface area contributed by atoms with Crippen molar-refractivity contribution in [3.05, 3.63) is 18.0 Å². The van der Waals surface area contributed by atoms with E-state index in [1.54, 1.807) is 10.7 Å². The molecule has 0 bridgehead atoms. The molecule has 1 rings (SSSR count). The number of hydrogen-bond acceptors (Lipinski definition) is 2. The van der Waals surface area contributed by atoms with Crippen LogP contribution in [0.3, 0.4) is 0 Å². The first-order valence-electron chi connectivity index (χ1n) is 3.79. The molecular formula is C8H11BrN2O. The van der Waals surface area contributed by atoms with Gasteiger partial charge in [0, 0.05) is 12.2 Å². The Kier molecular flexibility index (Phi) is 3.03. The molecule has 1 aromatic rings. The summed E-state index contributed by atoms with van der Waals surface area (Å²) in [6.45, 7) is 4.05. The second kappa shape index (κ2) is 3.85. The van der Waals surface area contributed by atoms with E-state index in [4.69, 9.17) is 0 Å². The fraction of sp³-hybridized carbons (Fsp3) is 0.500. The van der Waals surface area contributed by atoms with Gasteiger partial charge in [-0.25, -0.2) is 0 Å². The number of alkyl halides is 1. The van der Waals surface area contributed by atoms with E-state index >= 15 is 0 Å². The van der Waals surface area contributed by atoms with Gasteiger partial charge in [0.15, 0.2) is 5.78 Å². The molecule has 4 heteroatoms. The number of aromatic nitrogens is 2. The first-order valence-corrected chi connectivity index (χ1v) is 4.91. The molecule has 0 saturated heterocycles. The summed E-state index contributed by atoms with van der Waals surface area (Å²) in [7, 11) is 0. The Bertz CT molecular complexity index is 280. The summed E-state index contributed by atoms with van der Waals surface area (Å²) in [5, 5.41) is 4.45. The lowest BCUT2D eigenvalue weighted by atomic mass is 10.3. The lowest BCUT2D eigenvalue weighted by Crippen LogP contribution is -2.05. The van der Waals surface area contributed by atoms with Gasteiger partial charge in [-0.1, -0.05) is 15.9 Å². The number of carbonyl (C=O) groups excluding carboxylic acids is 1. The highest BCUT2D eigenvalue weighted by molar-refractivity contribution is 9.09. The third-order valence-corrected chi connectivity index (χ3v) is 2.05. The van der Waals surface area contributed by atoms with E-state index in [0.717, 1.165) is 0 Å². The first kappa shape index (κ1) is 9.45. The molecule has 0 saturated carbocycles. The van der Waals surface area contributed by atoms with Crippen LogP contribution in [-0.4, -0.2) is 20.9 Å². The maximum atomic E-state index is 11.1. The van der Waals surface area contributed by atoms with Crippen molar-refractivity contribution in [3.63, 3.8) is 0 Å². The molecule has 0 N–H and O–H groups in total. The molecule has 1 heterocycles. The molecule has 1 aromatic heterocycles. The predicted octanol–water partition coefficient (Wildman–Crippen LogP) is 2.04. The smallest absolute Gasteiger partial charge is 0.193 e. The van der Waals surface area contributed by atoms with Crippen LogP contribution in [0.1, 0.15) is 30.4 Å². The standard InChI is InChI=1S/C8H11BrN2O/c1-6(2)11-4-3-7(10-11)8(12)5-9/h3-4,6H,5H2,1-2H3. The zero-order chi connectivity index (χ0) is 9.14. The summed E-state index contributed by atoms with van der Waals surface area (Å²) in [4.78, 5) is 11.1. The average Bonchev–Trinajstić information content (AvgIpc) is 2.51. The summed E-state index contributed by atoms with van der Waals surface area (Å²) in [6, 6.07) is 2.05. The van der Waals surface area contributed by atoms with Crippen molar-refractivity contribution in [1.29, 1.82) is 0 Å². The number of nitrogens with zero attached hydrogens (tertiary/aromatic N) is 2. The van der Waals surface area contributed by atoms with Crippen LogP contribution in [0.4, 0.5) is 0 Å². The second-order valence-corrected chi connectivity index (χ2v) is 3.39. The molecular weight excluding hydrogens is 220 g/mol. The number of Topliss-reactive ketones (excluding diaryl/α,β-unsaturated/α-hetero) is 1. The fourth-order valence-electron chi connectivity index (χ4n) is 0.843. The molecule has 0 fully saturated rings. The Morgan fingerprint density at radius 2 is 2.42 bits per heavy atom. The molecule has 0 aliphatic rings. The quantitative estimate of drug-likeness (QED) is 0.589. The molecule has 0 aliphatic carbocycles. The minimum absolute atomic E-state index is 0.0226. The topological polar surface area (TPSA) is 34.9 Å². The van der Waals surface area contributed by atoms with E-state index in [1.807, 2.05) is 20.0 Å². The number of carbonyl (C=O) groups is 1. The highest BCUT2D eigenvalue weighted by atomic mass is 79.9. The van der Waals surface area contributed by atoms with E-state index < -0.39 is 0 Å². The zero-order valence-electron chi connectivity index (χ0n) is 7.12. The first-order chi connectivity index (χ1) is 5.65. The van der Waals surface area contributed by atoms with Crippen LogP contribution >= 0.6 is 15.9 Å². The second-order valence-electron chi connectivity index (χ2n) is 2.83. The van der Waals surface area contributed by atoms with E-state index in [1.165, 1.54) is 0 Å². The Morgan fingerprint density at radius 1 is 1.75 bits per heavy atom. The van der Waals surface area contributed by atoms with Gasteiger partial charge >= 0.3 is 0 Å². The van der Waals surface area contributed by atoms with Gasteiger partial charge in [0.2, 0.25) is 0 Å². The Labute approximate surface area is 79.9 Å². The van der Waals surface area contributed by atoms with Crippen LogP contribution in [0, 0.1) is 0 Å². The number of halogens is 1. The lowest BCUT2D eigenvalue weighted by Gasteiger charge is -2.02. The molecule has 0 aromatic carbocycles. The van der Waals surface area contributed by atoms with Crippen molar-refractivity contribution >= 4 is 21.7 Å². The molecule has 0 spiro atoms. The van der Waals surface area contributed by atoms with Crippen LogP contribution in [0.2, 0.25) is 0 Å². The Balaban J connectivity index is 2.84. The minimum Gasteiger partial charge on any atom is -0.291 e. The summed E-state index contributed by atoms with van der Waals surface area (Å²) in [5.74, 6) is 0.0226. The summed E-state index contributed by atoms with van der Waals surface area (Å²) < 4.78 is 1.77. The summed E-state index contributed by atoms with van der Waals surface area (Å²) in [5.41, 5.74) is 0.528. The maximum Gasteiger partial charge on any atom is 0.193 e. The molecule has 0 amide bonds. The van der Waals surface area contributed by atoms with Crippen LogP contribution in [0.15, 0.2) is 12.3 Å². The number of ketones is 1. The average molecular weight is 231 g/mol. The van der Waals surface area contributed by atoms with Gasteiger partial charge in [-0.05, 0) is 19.9 Å². The highest BCUT2D eigenvalue weighted by Crippen LogP contribution is 2.05. The van der Waals surface area contributed by atoms with Crippen LogP contribution in [-0.2, 0) is 0 Å². The zero-order valence-corrected chi connectivity index (χ0v) is 8.71. The van der Waals surface area contributed by atoms with Gasteiger partial charge in [0.05, 0.1) is 5.33 Å².